The minimum atomic E-state index is -0.799. The lowest BCUT2D eigenvalue weighted by Crippen LogP contribution is -2.45. The summed E-state index contributed by atoms with van der Waals surface area (Å²) in [6.07, 6.45) is 0.824. The van der Waals surface area contributed by atoms with E-state index in [2.05, 4.69) is 0 Å². The molecule has 0 radical (unpaired) electrons. The predicted octanol–water partition coefficient (Wildman–Crippen LogP) is 2.31. The van der Waals surface area contributed by atoms with E-state index in [0.29, 0.717) is 31.7 Å². The first-order valence-electron chi connectivity index (χ1n) is 7.38. The Bertz CT molecular complexity index is 541. The van der Waals surface area contributed by atoms with Gasteiger partial charge in [-0.3, -0.25) is 9.59 Å². The van der Waals surface area contributed by atoms with Crippen LogP contribution in [0, 0.1) is 11.7 Å². The number of carbonyl (C=O) groups excluding carboxylic acids is 1. The van der Waals surface area contributed by atoms with Gasteiger partial charge in [0.25, 0.3) is 5.91 Å². The molecule has 1 atom stereocenters. The zero-order chi connectivity index (χ0) is 16.1. The normalized spacial score (nSPS) is 17.1. The van der Waals surface area contributed by atoms with Crippen LogP contribution >= 0.6 is 0 Å². The maximum Gasteiger partial charge on any atom is 0.303 e. The van der Waals surface area contributed by atoms with Gasteiger partial charge in [0.15, 0.2) is 6.10 Å². The van der Waals surface area contributed by atoms with E-state index in [-0.39, 0.29) is 18.2 Å². The molecule has 0 aromatic heterocycles. The number of rotatable bonds is 5. The fourth-order valence-electron chi connectivity index (χ4n) is 2.66. The van der Waals surface area contributed by atoms with Crippen molar-refractivity contribution in [2.24, 2.45) is 5.92 Å². The summed E-state index contributed by atoms with van der Waals surface area (Å²) < 4.78 is 18.6. The number of halogens is 1. The van der Waals surface area contributed by atoms with E-state index < -0.39 is 17.9 Å². The number of benzene rings is 1. The Labute approximate surface area is 128 Å². The van der Waals surface area contributed by atoms with Gasteiger partial charge < -0.3 is 14.7 Å². The molecule has 1 aromatic rings. The molecule has 5 nitrogen and oxygen atoms in total. The summed E-state index contributed by atoms with van der Waals surface area (Å²) in [5, 5.41) is 8.78. The summed E-state index contributed by atoms with van der Waals surface area (Å²) in [5.74, 6) is -0.917. The van der Waals surface area contributed by atoms with Crippen molar-refractivity contribution in [1.82, 2.24) is 4.90 Å². The third-order valence-electron chi connectivity index (χ3n) is 3.85. The van der Waals surface area contributed by atoms with Gasteiger partial charge in [-0.1, -0.05) is 6.07 Å². The molecule has 0 aliphatic carbocycles. The van der Waals surface area contributed by atoms with Crippen LogP contribution in [0.25, 0.3) is 0 Å². The Morgan fingerprint density at radius 3 is 2.68 bits per heavy atom. The van der Waals surface area contributed by atoms with Gasteiger partial charge in [0, 0.05) is 25.6 Å². The van der Waals surface area contributed by atoms with Gasteiger partial charge in [0.2, 0.25) is 0 Å². The number of hydrogen-bond acceptors (Lipinski definition) is 3. The van der Waals surface area contributed by atoms with Crippen LogP contribution in [0.3, 0.4) is 0 Å². The summed E-state index contributed by atoms with van der Waals surface area (Å²) in [7, 11) is 0. The molecule has 1 aliphatic rings. The molecule has 1 N–H and O–H groups in total. The summed E-state index contributed by atoms with van der Waals surface area (Å²) in [4.78, 5) is 24.7. The van der Waals surface area contributed by atoms with E-state index >= 15 is 0 Å². The maximum atomic E-state index is 13.1. The lowest BCUT2D eigenvalue weighted by molar-refractivity contribution is -0.140. The Kier molecular flexibility index (Phi) is 5.35. The molecule has 1 aliphatic heterocycles. The Balaban J connectivity index is 1.85. The molecule has 0 bridgehead atoms. The monoisotopic (exact) mass is 309 g/mol. The SMILES string of the molecule is CC(Oc1cccc(F)c1)C(=O)N1CCC(CC(=O)O)CC1. The smallest absolute Gasteiger partial charge is 0.303 e. The molecule has 1 saturated heterocycles. The van der Waals surface area contributed by atoms with Crippen molar-refractivity contribution in [3.05, 3.63) is 30.1 Å². The van der Waals surface area contributed by atoms with Crippen LogP contribution in [-0.4, -0.2) is 41.1 Å². The zero-order valence-corrected chi connectivity index (χ0v) is 12.5. The van der Waals surface area contributed by atoms with Crippen LogP contribution in [0.2, 0.25) is 0 Å². The van der Waals surface area contributed by atoms with E-state index in [1.54, 1.807) is 17.9 Å². The lowest BCUT2D eigenvalue weighted by atomic mass is 9.93. The van der Waals surface area contributed by atoms with E-state index in [4.69, 9.17) is 9.84 Å². The number of aliphatic carboxylic acids is 1. The number of carboxylic acids is 1. The van der Waals surface area contributed by atoms with Crippen molar-refractivity contribution in [2.45, 2.75) is 32.3 Å². The first kappa shape index (κ1) is 16.3. The topological polar surface area (TPSA) is 66.8 Å². The van der Waals surface area contributed by atoms with E-state index in [1.165, 1.54) is 18.2 Å². The van der Waals surface area contributed by atoms with Crippen molar-refractivity contribution in [1.29, 1.82) is 0 Å². The fourth-order valence-corrected chi connectivity index (χ4v) is 2.66. The van der Waals surface area contributed by atoms with Gasteiger partial charge in [0.05, 0.1) is 0 Å². The number of piperidine rings is 1. The summed E-state index contributed by atoms with van der Waals surface area (Å²) in [5.41, 5.74) is 0. The minimum Gasteiger partial charge on any atom is -0.481 e. The van der Waals surface area contributed by atoms with Crippen LogP contribution in [0.5, 0.6) is 5.75 Å². The van der Waals surface area contributed by atoms with Gasteiger partial charge in [-0.05, 0) is 37.8 Å². The average molecular weight is 309 g/mol. The van der Waals surface area contributed by atoms with Gasteiger partial charge in [-0.15, -0.1) is 0 Å². The highest BCUT2D eigenvalue weighted by Gasteiger charge is 2.27. The number of ether oxygens (including phenoxy) is 1. The molecule has 22 heavy (non-hydrogen) atoms. The predicted molar refractivity (Wildman–Crippen MR) is 78.0 cm³/mol. The average Bonchev–Trinajstić information content (AvgIpc) is 2.46. The highest BCUT2D eigenvalue weighted by atomic mass is 19.1. The standard InChI is InChI=1S/C16H20FNO4/c1-11(22-14-4-2-3-13(17)10-14)16(21)18-7-5-12(6-8-18)9-15(19)20/h2-4,10-12H,5-9H2,1H3,(H,19,20). The molecule has 120 valence electrons. The minimum absolute atomic E-state index is 0.126. The molecule has 1 amide bonds. The number of nitrogens with zero attached hydrogens (tertiary/aromatic N) is 1. The molecule has 1 fully saturated rings. The molecular formula is C16H20FNO4. The van der Waals surface area contributed by atoms with Crippen molar-refractivity contribution >= 4 is 11.9 Å². The first-order chi connectivity index (χ1) is 10.5. The molecular weight excluding hydrogens is 289 g/mol. The van der Waals surface area contributed by atoms with Gasteiger partial charge in [-0.2, -0.15) is 0 Å². The Hall–Kier alpha value is -2.11. The van der Waals surface area contributed by atoms with E-state index in [1.807, 2.05) is 0 Å². The Morgan fingerprint density at radius 2 is 2.09 bits per heavy atom. The Morgan fingerprint density at radius 1 is 1.41 bits per heavy atom. The number of amides is 1. The molecule has 0 saturated carbocycles. The summed E-state index contributed by atoms with van der Waals surface area (Å²) >= 11 is 0. The lowest BCUT2D eigenvalue weighted by Gasteiger charge is -2.33. The summed E-state index contributed by atoms with van der Waals surface area (Å²) in [6, 6.07) is 5.68. The number of carbonyl (C=O) groups is 2. The quantitative estimate of drug-likeness (QED) is 0.906. The second-order valence-corrected chi connectivity index (χ2v) is 5.58. The third kappa shape index (κ3) is 4.44. The van der Waals surface area contributed by atoms with Crippen molar-refractivity contribution in [3.63, 3.8) is 0 Å². The number of carboxylic acid groups (broad SMARTS) is 1. The highest BCUT2D eigenvalue weighted by Crippen LogP contribution is 2.22. The van der Waals surface area contributed by atoms with Crippen LogP contribution in [-0.2, 0) is 9.59 Å². The van der Waals surface area contributed by atoms with Crippen LogP contribution in [0.4, 0.5) is 4.39 Å². The van der Waals surface area contributed by atoms with Gasteiger partial charge in [-0.25, -0.2) is 4.39 Å². The third-order valence-corrected chi connectivity index (χ3v) is 3.85. The van der Waals surface area contributed by atoms with Crippen molar-refractivity contribution in [3.8, 4) is 5.75 Å². The summed E-state index contributed by atoms with van der Waals surface area (Å²) in [6.45, 7) is 2.71. The highest BCUT2D eigenvalue weighted by molar-refractivity contribution is 5.81. The molecule has 6 heteroatoms. The van der Waals surface area contributed by atoms with Crippen LogP contribution < -0.4 is 4.74 Å². The second-order valence-electron chi connectivity index (χ2n) is 5.58. The van der Waals surface area contributed by atoms with E-state index in [9.17, 15) is 14.0 Å². The fraction of sp³-hybridized carbons (Fsp3) is 0.500. The number of likely N-dealkylation sites (tertiary alicyclic amines) is 1. The number of hydrogen-bond donors (Lipinski definition) is 1. The molecule has 1 heterocycles. The van der Waals surface area contributed by atoms with Gasteiger partial charge in [0.1, 0.15) is 11.6 Å². The molecule has 2 rings (SSSR count). The molecule has 1 unspecified atom stereocenters. The van der Waals surface area contributed by atoms with Crippen molar-refractivity contribution < 1.29 is 23.8 Å². The zero-order valence-electron chi connectivity index (χ0n) is 12.5. The van der Waals surface area contributed by atoms with Crippen molar-refractivity contribution in [2.75, 3.05) is 13.1 Å². The first-order valence-corrected chi connectivity index (χ1v) is 7.38. The molecule has 1 aromatic carbocycles. The molecule has 0 spiro atoms. The van der Waals surface area contributed by atoms with Gasteiger partial charge >= 0.3 is 5.97 Å². The van der Waals surface area contributed by atoms with Crippen LogP contribution in [0.1, 0.15) is 26.2 Å². The largest absolute Gasteiger partial charge is 0.481 e. The second kappa shape index (κ2) is 7.24. The van der Waals surface area contributed by atoms with Crippen LogP contribution in [0.15, 0.2) is 24.3 Å². The van der Waals surface area contributed by atoms with E-state index in [0.717, 1.165) is 0 Å². The maximum absolute atomic E-state index is 13.1.